The Kier molecular flexibility index (Phi) is 6.29. The molecule has 0 aliphatic rings. The highest BCUT2D eigenvalue weighted by molar-refractivity contribution is 5.76. The third-order valence-electron chi connectivity index (χ3n) is 2.83. The molecular weight excluding hydrogens is 247 g/mol. The van der Waals surface area contributed by atoms with Gasteiger partial charge in [0.25, 0.3) is 0 Å². The maximum atomic E-state index is 13.5. The van der Waals surface area contributed by atoms with Crippen LogP contribution in [0.1, 0.15) is 31.9 Å². The standard InChI is InChI=1S/C14H21FN2O2/c1-4-16-8-7-14(18)17-10(2)11-5-6-13(19-3)12(15)9-11/h5-6,9-10,16H,4,7-8H2,1-3H3,(H,17,18). The van der Waals surface area contributed by atoms with Crippen molar-refractivity contribution < 1.29 is 13.9 Å². The first-order chi connectivity index (χ1) is 9.08. The molecule has 1 amide bonds. The predicted molar refractivity (Wildman–Crippen MR) is 72.7 cm³/mol. The van der Waals surface area contributed by atoms with Gasteiger partial charge in [-0.2, -0.15) is 0 Å². The molecule has 0 fully saturated rings. The first-order valence-electron chi connectivity index (χ1n) is 6.42. The van der Waals surface area contributed by atoms with Gasteiger partial charge in [0.1, 0.15) is 0 Å². The number of nitrogens with one attached hydrogen (secondary N) is 2. The highest BCUT2D eigenvalue weighted by atomic mass is 19.1. The summed E-state index contributed by atoms with van der Waals surface area (Å²) in [6.45, 7) is 5.30. The van der Waals surface area contributed by atoms with Gasteiger partial charge in [-0.15, -0.1) is 0 Å². The van der Waals surface area contributed by atoms with E-state index in [4.69, 9.17) is 4.74 Å². The Morgan fingerprint density at radius 2 is 2.21 bits per heavy atom. The van der Waals surface area contributed by atoms with Gasteiger partial charge in [-0.25, -0.2) is 4.39 Å². The molecule has 0 radical (unpaired) electrons. The van der Waals surface area contributed by atoms with Crippen molar-refractivity contribution in [2.75, 3.05) is 20.2 Å². The fourth-order valence-corrected chi connectivity index (χ4v) is 1.73. The van der Waals surface area contributed by atoms with Crippen LogP contribution in [0.3, 0.4) is 0 Å². The van der Waals surface area contributed by atoms with Crippen LogP contribution in [0.25, 0.3) is 0 Å². The summed E-state index contributed by atoms with van der Waals surface area (Å²) in [6.07, 6.45) is 0.414. The van der Waals surface area contributed by atoms with Crippen LogP contribution in [-0.2, 0) is 4.79 Å². The van der Waals surface area contributed by atoms with Crippen LogP contribution < -0.4 is 15.4 Å². The van der Waals surface area contributed by atoms with Crippen molar-refractivity contribution in [3.8, 4) is 5.75 Å². The maximum Gasteiger partial charge on any atom is 0.221 e. The van der Waals surface area contributed by atoms with Gasteiger partial charge in [-0.3, -0.25) is 4.79 Å². The molecule has 1 aromatic carbocycles. The molecule has 0 bridgehead atoms. The minimum atomic E-state index is -0.422. The van der Waals surface area contributed by atoms with Gasteiger partial charge < -0.3 is 15.4 Å². The molecule has 0 saturated carbocycles. The Morgan fingerprint density at radius 1 is 1.47 bits per heavy atom. The second-order valence-electron chi connectivity index (χ2n) is 4.29. The van der Waals surface area contributed by atoms with Gasteiger partial charge in [0.15, 0.2) is 11.6 Å². The Bertz CT molecular complexity index is 424. The number of hydrogen-bond donors (Lipinski definition) is 2. The van der Waals surface area contributed by atoms with Crippen molar-refractivity contribution in [1.29, 1.82) is 0 Å². The summed E-state index contributed by atoms with van der Waals surface area (Å²) < 4.78 is 18.4. The van der Waals surface area contributed by atoms with Crippen LogP contribution in [0.2, 0.25) is 0 Å². The van der Waals surface area contributed by atoms with Crippen LogP contribution >= 0.6 is 0 Å². The van der Waals surface area contributed by atoms with Gasteiger partial charge in [0, 0.05) is 13.0 Å². The zero-order valence-electron chi connectivity index (χ0n) is 11.6. The van der Waals surface area contributed by atoms with Crippen molar-refractivity contribution in [3.05, 3.63) is 29.6 Å². The average Bonchev–Trinajstić information content (AvgIpc) is 2.38. The lowest BCUT2D eigenvalue weighted by atomic mass is 10.1. The van der Waals surface area contributed by atoms with E-state index in [0.717, 1.165) is 12.1 Å². The summed E-state index contributed by atoms with van der Waals surface area (Å²) in [5, 5.41) is 5.91. The Hall–Kier alpha value is -1.62. The number of amides is 1. The zero-order chi connectivity index (χ0) is 14.3. The number of benzene rings is 1. The van der Waals surface area contributed by atoms with E-state index in [1.54, 1.807) is 12.1 Å². The normalized spacial score (nSPS) is 12.0. The lowest BCUT2D eigenvalue weighted by Crippen LogP contribution is -2.29. The lowest BCUT2D eigenvalue weighted by molar-refractivity contribution is -0.121. The first kappa shape index (κ1) is 15.4. The second kappa shape index (κ2) is 7.74. The molecule has 1 unspecified atom stereocenters. The van der Waals surface area contributed by atoms with Crippen molar-refractivity contribution in [3.63, 3.8) is 0 Å². The number of carbonyl (C=O) groups is 1. The number of methoxy groups -OCH3 is 1. The van der Waals surface area contributed by atoms with Gasteiger partial charge in [0.05, 0.1) is 13.2 Å². The molecule has 0 aromatic heterocycles. The van der Waals surface area contributed by atoms with E-state index in [0.29, 0.717) is 13.0 Å². The summed E-state index contributed by atoms with van der Waals surface area (Å²) in [7, 11) is 1.42. The molecule has 0 aliphatic carbocycles. The third-order valence-corrected chi connectivity index (χ3v) is 2.83. The van der Waals surface area contributed by atoms with E-state index >= 15 is 0 Å². The molecule has 5 heteroatoms. The van der Waals surface area contributed by atoms with Gasteiger partial charge in [-0.1, -0.05) is 13.0 Å². The third kappa shape index (κ3) is 4.87. The number of hydrogen-bond acceptors (Lipinski definition) is 3. The minimum absolute atomic E-state index is 0.0512. The predicted octanol–water partition coefficient (Wildman–Crippen LogP) is 2.01. The molecule has 4 nitrogen and oxygen atoms in total. The first-order valence-corrected chi connectivity index (χ1v) is 6.42. The summed E-state index contributed by atoms with van der Waals surface area (Å²) in [6, 6.07) is 4.46. The number of ether oxygens (including phenoxy) is 1. The van der Waals surface area contributed by atoms with Crippen LogP contribution in [0.4, 0.5) is 4.39 Å². The molecule has 0 aliphatic heterocycles. The van der Waals surface area contributed by atoms with Crippen LogP contribution in [0, 0.1) is 5.82 Å². The van der Waals surface area contributed by atoms with Crippen molar-refractivity contribution in [1.82, 2.24) is 10.6 Å². The van der Waals surface area contributed by atoms with E-state index in [1.807, 2.05) is 13.8 Å². The van der Waals surface area contributed by atoms with E-state index in [-0.39, 0.29) is 17.7 Å². The molecule has 106 valence electrons. The van der Waals surface area contributed by atoms with Gasteiger partial charge in [-0.05, 0) is 31.2 Å². The van der Waals surface area contributed by atoms with Crippen molar-refractivity contribution in [2.24, 2.45) is 0 Å². The topological polar surface area (TPSA) is 50.4 Å². The van der Waals surface area contributed by atoms with Crippen molar-refractivity contribution in [2.45, 2.75) is 26.3 Å². The number of carbonyl (C=O) groups excluding carboxylic acids is 1. The Labute approximate surface area is 113 Å². The van der Waals surface area contributed by atoms with E-state index < -0.39 is 5.82 Å². The lowest BCUT2D eigenvalue weighted by Gasteiger charge is -2.15. The monoisotopic (exact) mass is 268 g/mol. The minimum Gasteiger partial charge on any atom is -0.494 e. The molecule has 0 saturated heterocycles. The largest absolute Gasteiger partial charge is 0.494 e. The number of rotatable bonds is 7. The van der Waals surface area contributed by atoms with Crippen molar-refractivity contribution >= 4 is 5.91 Å². The molecule has 1 rings (SSSR count). The van der Waals surface area contributed by atoms with Crippen LogP contribution in [0.15, 0.2) is 18.2 Å². The highest BCUT2D eigenvalue weighted by Gasteiger charge is 2.11. The number of halogens is 1. The molecule has 19 heavy (non-hydrogen) atoms. The molecule has 0 heterocycles. The highest BCUT2D eigenvalue weighted by Crippen LogP contribution is 2.21. The van der Waals surface area contributed by atoms with Crippen LogP contribution in [0.5, 0.6) is 5.75 Å². The quantitative estimate of drug-likeness (QED) is 0.744. The van der Waals surface area contributed by atoms with Gasteiger partial charge >= 0.3 is 0 Å². The maximum absolute atomic E-state index is 13.5. The SMILES string of the molecule is CCNCCC(=O)NC(C)c1ccc(OC)c(F)c1. The van der Waals surface area contributed by atoms with Gasteiger partial charge in [0.2, 0.25) is 5.91 Å². The van der Waals surface area contributed by atoms with Crippen LogP contribution in [-0.4, -0.2) is 26.1 Å². The molecule has 1 atom stereocenters. The molecule has 0 spiro atoms. The fraction of sp³-hybridized carbons (Fsp3) is 0.500. The Balaban J connectivity index is 2.55. The summed E-state index contributed by atoms with van der Waals surface area (Å²) in [4.78, 5) is 11.6. The molecular formula is C14H21FN2O2. The summed E-state index contributed by atoms with van der Waals surface area (Å²) in [5.74, 6) is -0.271. The fourth-order valence-electron chi connectivity index (χ4n) is 1.73. The van der Waals surface area contributed by atoms with E-state index in [9.17, 15) is 9.18 Å². The van der Waals surface area contributed by atoms with E-state index in [1.165, 1.54) is 13.2 Å². The van der Waals surface area contributed by atoms with E-state index in [2.05, 4.69) is 10.6 Å². The zero-order valence-corrected chi connectivity index (χ0v) is 11.6. The summed E-state index contributed by atoms with van der Waals surface area (Å²) >= 11 is 0. The smallest absolute Gasteiger partial charge is 0.221 e. The second-order valence-corrected chi connectivity index (χ2v) is 4.29. The molecule has 1 aromatic rings. The Morgan fingerprint density at radius 3 is 2.79 bits per heavy atom. The average molecular weight is 268 g/mol. The molecule has 2 N–H and O–H groups in total. The summed E-state index contributed by atoms with van der Waals surface area (Å²) in [5.41, 5.74) is 0.718.